The van der Waals surface area contributed by atoms with E-state index in [1.807, 2.05) is 54.6 Å². The molecule has 0 unspecified atom stereocenters. The lowest BCUT2D eigenvalue weighted by atomic mass is 9.86. The number of hydrogen-bond acceptors (Lipinski definition) is 10. The second-order valence-electron chi connectivity index (χ2n) is 11.1. The Morgan fingerprint density at radius 1 is 0.644 bits per heavy atom. The van der Waals surface area contributed by atoms with Gasteiger partial charge in [-0.05, 0) is 35.7 Å². The molecule has 0 spiro atoms. The standard InChI is InChI=1S/C30H23Cl3N8O2S2/c1-30(2,3)20-12-23(43-15-25-35-37-29-41(25)39-27(45-29)17-6-10-19(32)11-7-17)21(33)13-22(20)42-14-24-34-36-28-40(24)38-26(44-28)16-4-8-18(31)9-5-16/h4-13H,14-15H2,1-3H3. The van der Waals surface area contributed by atoms with Gasteiger partial charge in [-0.1, -0.05) is 103 Å². The molecule has 228 valence electrons. The molecule has 4 aromatic heterocycles. The topological polar surface area (TPSA) is 105 Å². The molecule has 15 heteroatoms. The third kappa shape index (κ3) is 6.08. The molecule has 0 atom stereocenters. The van der Waals surface area contributed by atoms with Crippen LogP contribution in [0.15, 0.2) is 60.7 Å². The number of halogens is 3. The monoisotopic (exact) mass is 696 g/mol. The molecule has 0 bridgehead atoms. The van der Waals surface area contributed by atoms with Crippen molar-refractivity contribution in [3.8, 4) is 32.6 Å². The fourth-order valence-corrected chi connectivity index (χ4v) is 6.74. The van der Waals surface area contributed by atoms with Crippen LogP contribution in [0, 0.1) is 0 Å². The van der Waals surface area contributed by atoms with Gasteiger partial charge in [0.15, 0.2) is 11.6 Å². The summed E-state index contributed by atoms with van der Waals surface area (Å²) in [5, 5.41) is 29.8. The van der Waals surface area contributed by atoms with Crippen molar-refractivity contribution in [1.29, 1.82) is 0 Å². The van der Waals surface area contributed by atoms with Gasteiger partial charge in [-0.25, -0.2) is 0 Å². The number of rotatable bonds is 8. The van der Waals surface area contributed by atoms with E-state index in [2.05, 4.69) is 46.3 Å². The van der Waals surface area contributed by atoms with Crippen LogP contribution in [-0.2, 0) is 18.6 Å². The number of hydrogen-bond donors (Lipinski definition) is 0. The summed E-state index contributed by atoms with van der Waals surface area (Å²) in [5.41, 5.74) is 2.51. The van der Waals surface area contributed by atoms with Crippen LogP contribution in [0.2, 0.25) is 15.1 Å². The quantitative estimate of drug-likeness (QED) is 0.156. The van der Waals surface area contributed by atoms with Crippen LogP contribution in [0.3, 0.4) is 0 Å². The Balaban J connectivity index is 1.10. The first-order valence-corrected chi connectivity index (χ1v) is 16.4. The lowest BCUT2D eigenvalue weighted by Crippen LogP contribution is -2.15. The van der Waals surface area contributed by atoms with Crippen molar-refractivity contribution >= 4 is 67.4 Å². The van der Waals surface area contributed by atoms with Crippen LogP contribution in [0.1, 0.15) is 38.0 Å². The molecule has 0 fully saturated rings. The van der Waals surface area contributed by atoms with Gasteiger partial charge in [0.05, 0.1) is 5.02 Å². The minimum atomic E-state index is -0.287. The van der Waals surface area contributed by atoms with E-state index in [1.54, 1.807) is 15.1 Å². The van der Waals surface area contributed by atoms with E-state index in [-0.39, 0.29) is 18.6 Å². The predicted octanol–water partition coefficient (Wildman–Crippen LogP) is 8.43. The van der Waals surface area contributed by atoms with Gasteiger partial charge in [0.25, 0.3) is 0 Å². The molecular weight excluding hydrogens is 675 g/mol. The Morgan fingerprint density at radius 3 is 1.58 bits per heavy atom. The zero-order valence-corrected chi connectivity index (χ0v) is 27.9. The summed E-state index contributed by atoms with van der Waals surface area (Å²) in [5.74, 6) is 2.22. The first-order valence-electron chi connectivity index (χ1n) is 13.7. The Labute approximate surface area is 280 Å². The molecular formula is C30H23Cl3N8O2S2. The molecule has 0 saturated carbocycles. The van der Waals surface area contributed by atoms with Gasteiger partial charge in [0.2, 0.25) is 9.92 Å². The van der Waals surface area contributed by atoms with Crippen molar-refractivity contribution in [1.82, 2.24) is 39.6 Å². The molecule has 0 radical (unpaired) electrons. The normalized spacial score (nSPS) is 12.0. The molecule has 0 amide bonds. The van der Waals surface area contributed by atoms with Gasteiger partial charge in [-0.2, -0.15) is 19.2 Å². The van der Waals surface area contributed by atoms with Crippen LogP contribution in [0.25, 0.3) is 31.1 Å². The molecule has 7 aromatic rings. The summed E-state index contributed by atoms with van der Waals surface area (Å²) in [6.07, 6.45) is 0. The maximum absolute atomic E-state index is 6.72. The zero-order chi connectivity index (χ0) is 31.3. The lowest BCUT2D eigenvalue weighted by molar-refractivity contribution is 0.277. The lowest BCUT2D eigenvalue weighted by Gasteiger charge is -2.24. The maximum atomic E-state index is 6.72. The highest BCUT2D eigenvalue weighted by atomic mass is 35.5. The highest BCUT2D eigenvalue weighted by Gasteiger charge is 2.24. The van der Waals surface area contributed by atoms with Gasteiger partial charge in [0.1, 0.15) is 34.7 Å². The van der Waals surface area contributed by atoms with Crippen LogP contribution >= 0.6 is 57.5 Å². The number of benzene rings is 3. The average Bonchev–Trinajstić information content (AvgIpc) is 3.78. The summed E-state index contributed by atoms with van der Waals surface area (Å²) < 4.78 is 15.8. The Bertz CT molecular complexity index is 2150. The first-order chi connectivity index (χ1) is 21.6. The number of ether oxygens (including phenoxy) is 2. The molecule has 7 rings (SSSR count). The van der Waals surface area contributed by atoms with Crippen LogP contribution in [0.4, 0.5) is 0 Å². The van der Waals surface area contributed by atoms with Crippen LogP contribution in [0.5, 0.6) is 11.5 Å². The summed E-state index contributed by atoms with van der Waals surface area (Å²) in [6, 6.07) is 18.7. The molecule has 0 aliphatic rings. The smallest absolute Gasteiger partial charge is 0.235 e. The number of fused-ring (bicyclic) bond motifs is 2. The minimum absolute atomic E-state index is 0.117. The second kappa shape index (κ2) is 11.8. The summed E-state index contributed by atoms with van der Waals surface area (Å²) in [7, 11) is 0. The van der Waals surface area contributed by atoms with Crippen molar-refractivity contribution in [2.24, 2.45) is 0 Å². The Hall–Kier alpha value is -3.81. The largest absolute Gasteiger partial charge is 0.485 e. The third-order valence-electron chi connectivity index (χ3n) is 6.85. The van der Waals surface area contributed by atoms with Gasteiger partial charge in [0, 0.05) is 32.8 Å². The van der Waals surface area contributed by atoms with E-state index in [9.17, 15) is 0 Å². The van der Waals surface area contributed by atoms with Crippen LogP contribution < -0.4 is 9.47 Å². The molecule has 0 saturated heterocycles. The first kappa shape index (κ1) is 29.9. The molecule has 45 heavy (non-hydrogen) atoms. The molecule has 3 aromatic carbocycles. The predicted molar refractivity (Wildman–Crippen MR) is 177 cm³/mol. The van der Waals surface area contributed by atoms with Crippen molar-refractivity contribution in [3.63, 3.8) is 0 Å². The van der Waals surface area contributed by atoms with Crippen LogP contribution in [-0.4, -0.2) is 39.6 Å². The van der Waals surface area contributed by atoms with Gasteiger partial charge >= 0.3 is 0 Å². The van der Waals surface area contributed by atoms with E-state index in [0.29, 0.717) is 48.1 Å². The summed E-state index contributed by atoms with van der Waals surface area (Å²) >= 11 is 21.7. The van der Waals surface area contributed by atoms with E-state index in [4.69, 9.17) is 49.4 Å². The van der Waals surface area contributed by atoms with Crippen molar-refractivity contribution in [2.75, 3.05) is 0 Å². The number of nitrogens with zero attached hydrogens (tertiary/aromatic N) is 8. The maximum Gasteiger partial charge on any atom is 0.235 e. The van der Waals surface area contributed by atoms with Crippen molar-refractivity contribution in [2.45, 2.75) is 39.4 Å². The second-order valence-corrected chi connectivity index (χ2v) is 14.2. The Morgan fingerprint density at radius 2 is 1.11 bits per heavy atom. The molecule has 10 nitrogen and oxygen atoms in total. The van der Waals surface area contributed by atoms with E-state index < -0.39 is 0 Å². The highest BCUT2D eigenvalue weighted by Crippen LogP contribution is 2.40. The van der Waals surface area contributed by atoms with E-state index in [0.717, 1.165) is 26.7 Å². The summed E-state index contributed by atoms with van der Waals surface area (Å²) in [4.78, 5) is 1.33. The van der Waals surface area contributed by atoms with E-state index in [1.165, 1.54) is 22.7 Å². The van der Waals surface area contributed by atoms with Gasteiger partial charge < -0.3 is 9.47 Å². The molecule has 4 heterocycles. The molecule has 0 N–H and O–H groups in total. The number of aromatic nitrogens is 8. The Kier molecular flexibility index (Phi) is 7.86. The molecule has 0 aliphatic heterocycles. The average molecular weight is 698 g/mol. The summed E-state index contributed by atoms with van der Waals surface area (Å²) in [6.45, 7) is 6.54. The fraction of sp³-hybridized carbons (Fsp3) is 0.200. The van der Waals surface area contributed by atoms with Gasteiger partial charge in [-0.3, -0.25) is 0 Å². The third-order valence-corrected chi connectivity index (χ3v) is 9.54. The van der Waals surface area contributed by atoms with Crippen molar-refractivity contribution < 1.29 is 9.47 Å². The van der Waals surface area contributed by atoms with Gasteiger partial charge in [-0.15, -0.1) is 20.4 Å². The van der Waals surface area contributed by atoms with E-state index >= 15 is 0 Å². The highest BCUT2D eigenvalue weighted by molar-refractivity contribution is 7.20. The van der Waals surface area contributed by atoms with Crippen molar-refractivity contribution in [3.05, 3.63) is 92.9 Å². The zero-order valence-electron chi connectivity index (χ0n) is 24.0. The minimum Gasteiger partial charge on any atom is -0.485 e. The molecule has 0 aliphatic carbocycles. The SMILES string of the molecule is CC(C)(C)c1cc(OCc2nnc3sc(-c4ccc(Cl)cc4)nn23)c(Cl)cc1OCc1nnc2sc(-c3ccc(Cl)cc3)nn12. The fourth-order valence-electron chi connectivity index (χ4n) is 4.55.